The Morgan fingerprint density at radius 3 is 2.30 bits per heavy atom. The molecule has 10 nitrogen and oxygen atoms in total. The van der Waals surface area contributed by atoms with Crippen LogP contribution in [-0.2, 0) is 19.6 Å². The second-order valence-corrected chi connectivity index (χ2v) is 8.63. The molecule has 156 valence electrons. The summed E-state index contributed by atoms with van der Waals surface area (Å²) in [5, 5.41) is 3.93. The number of pyridine rings is 1. The third-order valence-corrected chi connectivity index (χ3v) is 6.65. The molecule has 3 heterocycles. The number of imide groups is 2. The van der Waals surface area contributed by atoms with E-state index in [-0.39, 0.29) is 30.2 Å². The predicted molar refractivity (Wildman–Crippen MR) is 101 cm³/mol. The predicted octanol–water partition coefficient (Wildman–Crippen LogP) is 1.05. The lowest BCUT2D eigenvalue weighted by molar-refractivity contribution is -0.137. The van der Waals surface area contributed by atoms with Gasteiger partial charge < -0.3 is 4.74 Å². The third-order valence-electron chi connectivity index (χ3n) is 4.76. The number of halogens is 1. The SMILES string of the molecule is O=C1NC(=O)C2(CCCS(=O)(=O)N2c2ccc(Oc3ccc(F)cc3)nc2)C(=O)N1. The number of barbiturate groups is 1. The van der Waals surface area contributed by atoms with E-state index < -0.39 is 39.2 Å². The van der Waals surface area contributed by atoms with Crippen LogP contribution >= 0.6 is 0 Å². The molecule has 12 heteroatoms. The van der Waals surface area contributed by atoms with E-state index in [9.17, 15) is 27.2 Å². The van der Waals surface area contributed by atoms with Crippen molar-refractivity contribution in [1.82, 2.24) is 15.6 Å². The zero-order chi connectivity index (χ0) is 21.5. The number of amides is 4. The molecule has 4 amide bonds. The van der Waals surface area contributed by atoms with E-state index in [0.29, 0.717) is 10.1 Å². The molecular formula is C18H15FN4O6S. The van der Waals surface area contributed by atoms with Crippen LogP contribution in [-0.4, -0.2) is 42.5 Å². The number of urea groups is 1. The minimum atomic E-state index is -4.07. The van der Waals surface area contributed by atoms with Crippen molar-refractivity contribution >= 4 is 33.6 Å². The van der Waals surface area contributed by atoms with E-state index in [0.717, 1.165) is 6.20 Å². The van der Waals surface area contributed by atoms with Crippen LogP contribution in [0.25, 0.3) is 0 Å². The van der Waals surface area contributed by atoms with Crippen molar-refractivity contribution < 1.29 is 31.9 Å². The first kappa shape index (κ1) is 19.8. The van der Waals surface area contributed by atoms with E-state index in [1.807, 2.05) is 10.6 Å². The third kappa shape index (κ3) is 3.24. The number of nitrogens with one attached hydrogen (secondary N) is 2. The molecule has 0 atom stereocenters. The van der Waals surface area contributed by atoms with Crippen LogP contribution in [0.4, 0.5) is 14.9 Å². The first-order chi connectivity index (χ1) is 14.2. The Morgan fingerprint density at radius 2 is 1.70 bits per heavy atom. The van der Waals surface area contributed by atoms with Gasteiger partial charge in [-0.15, -0.1) is 0 Å². The van der Waals surface area contributed by atoms with Crippen LogP contribution in [0.3, 0.4) is 0 Å². The number of anilines is 1. The van der Waals surface area contributed by atoms with Crippen molar-refractivity contribution in [1.29, 1.82) is 0 Å². The first-order valence-corrected chi connectivity index (χ1v) is 10.4. The minimum Gasteiger partial charge on any atom is -0.439 e. The Kier molecular flexibility index (Phi) is 4.65. The van der Waals surface area contributed by atoms with Gasteiger partial charge in [0, 0.05) is 6.07 Å². The van der Waals surface area contributed by atoms with E-state index in [1.165, 1.54) is 36.4 Å². The summed E-state index contributed by atoms with van der Waals surface area (Å²) in [4.78, 5) is 40.7. The number of sulfonamides is 1. The highest BCUT2D eigenvalue weighted by Gasteiger charge is 2.60. The van der Waals surface area contributed by atoms with Gasteiger partial charge in [0.05, 0.1) is 17.6 Å². The van der Waals surface area contributed by atoms with Crippen LogP contribution in [0.5, 0.6) is 11.6 Å². The lowest BCUT2D eigenvalue weighted by Gasteiger charge is -2.45. The van der Waals surface area contributed by atoms with Gasteiger partial charge in [0.1, 0.15) is 11.6 Å². The molecular weight excluding hydrogens is 419 g/mol. The van der Waals surface area contributed by atoms with Gasteiger partial charge in [-0.3, -0.25) is 20.2 Å². The molecule has 1 spiro atoms. The van der Waals surface area contributed by atoms with Crippen LogP contribution in [0.1, 0.15) is 12.8 Å². The van der Waals surface area contributed by atoms with Crippen molar-refractivity contribution in [2.24, 2.45) is 0 Å². The van der Waals surface area contributed by atoms with Crippen LogP contribution in [0.2, 0.25) is 0 Å². The van der Waals surface area contributed by atoms with Crippen LogP contribution in [0.15, 0.2) is 42.6 Å². The molecule has 0 saturated carbocycles. The summed E-state index contributed by atoms with van der Waals surface area (Å²) in [5.41, 5.74) is -2.17. The Morgan fingerprint density at radius 1 is 1.03 bits per heavy atom. The Hall–Kier alpha value is -3.54. The Labute approximate surface area is 170 Å². The summed E-state index contributed by atoms with van der Waals surface area (Å²) in [6.07, 6.45) is 1.10. The van der Waals surface area contributed by atoms with E-state index in [2.05, 4.69) is 4.98 Å². The van der Waals surface area contributed by atoms with Gasteiger partial charge in [-0.1, -0.05) is 0 Å². The van der Waals surface area contributed by atoms with Gasteiger partial charge >= 0.3 is 6.03 Å². The average molecular weight is 434 g/mol. The molecule has 2 N–H and O–H groups in total. The smallest absolute Gasteiger partial charge is 0.328 e. The summed E-state index contributed by atoms with van der Waals surface area (Å²) >= 11 is 0. The van der Waals surface area contributed by atoms with Gasteiger partial charge in [0.25, 0.3) is 11.8 Å². The molecule has 30 heavy (non-hydrogen) atoms. The van der Waals surface area contributed by atoms with E-state index in [4.69, 9.17) is 4.74 Å². The Balaban J connectivity index is 1.70. The lowest BCUT2D eigenvalue weighted by atomic mass is 9.89. The van der Waals surface area contributed by atoms with Crippen molar-refractivity contribution in [3.63, 3.8) is 0 Å². The average Bonchev–Trinajstić information content (AvgIpc) is 2.68. The number of carbonyl (C=O) groups excluding carboxylic acids is 3. The summed E-state index contributed by atoms with van der Waals surface area (Å²) in [6, 6.07) is 6.85. The van der Waals surface area contributed by atoms with Crippen LogP contribution < -0.4 is 19.7 Å². The Bertz CT molecular complexity index is 1110. The van der Waals surface area contributed by atoms with Crippen LogP contribution in [0, 0.1) is 5.82 Å². The zero-order valence-corrected chi connectivity index (χ0v) is 16.1. The highest BCUT2D eigenvalue weighted by Crippen LogP contribution is 2.37. The molecule has 2 aliphatic rings. The fourth-order valence-electron chi connectivity index (χ4n) is 3.46. The molecule has 0 bridgehead atoms. The molecule has 0 unspecified atom stereocenters. The lowest BCUT2D eigenvalue weighted by Crippen LogP contribution is -2.75. The quantitative estimate of drug-likeness (QED) is 0.690. The zero-order valence-electron chi connectivity index (χ0n) is 15.3. The maximum absolute atomic E-state index is 13.0. The summed E-state index contributed by atoms with van der Waals surface area (Å²) in [6.45, 7) is 0. The number of hydrogen-bond donors (Lipinski definition) is 2. The number of carbonyl (C=O) groups is 3. The maximum Gasteiger partial charge on any atom is 0.328 e. The molecule has 1 aromatic heterocycles. The largest absolute Gasteiger partial charge is 0.439 e. The van der Waals surface area contributed by atoms with E-state index >= 15 is 0 Å². The minimum absolute atomic E-state index is 0.0409. The van der Waals surface area contributed by atoms with Crippen molar-refractivity contribution in [2.75, 3.05) is 10.1 Å². The molecule has 2 aromatic rings. The second kappa shape index (κ2) is 7.06. The molecule has 2 saturated heterocycles. The summed E-state index contributed by atoms with van der Waals surface area (Å²) in [5.74, 6) is -2.37. The number of hydrogen-bond acceptors (Lipinski definition) is 7. The van der Waals surface area contributed by atoms with Gasteiger partial charge in [-0.25, -0.2) is 26.9 Å². The summed E-state index contributed by atoms with van der Waals surface area (Å²) < 4.78 is 44.8. The number of rotatable bonds is 3. The first-order valence-electron chi connectivity index (χ1n) is 8.82. The standard InChI is InChI=1S/C18H15FN4O6S/c19-11-2-5-13(6-3-11)29-14-7-4-12(10-20-14)23-18(8-1-9-30(23,27)28)15(24)21-17(26)22-16(18)25/h2-7,10H,1,8-9H2,(H2,21,22,24,25,26). The fraction of sp³-hybridized carbons (Fsp3) is 0.222. The van der Waals surface area contributed by atoms with Gasteiger partial charge in [0.2, 0.25) is 21.4 Å². The molecule has 0 radical (unpaired) electrons. The molecule has 2 aliphatic heterocycles. The topological polar surface area (TPSA) is 135 Å². The second-order valence-electron chi connectivity index (χ2n) is 6.69. The number of benzene rings is 1. The number of aromatic nitrogens is 1. The van der Waals surface area contributed by atoms with Gasteiger partial charge in [0.15, 0.2) is 0 Å². The van der Waals surface area contributed by atoms with Crippen molar-refractivity contribution in [3.8, 4) is 11.6 Å². The molecule has 4 rings (SSSR count). The highest BCUT2D eigenvalue weighted by molar-refractivity contribution is 7.93. The van der Waals surface area contributed by atoms with E-state index in [1.54, 1.807) is 0 Å². The monoisotopic (exact) mass is 434 g/mol. The molecule has 1 aromatic carbocycles. The number of ether oxygens (including phenoxy) is 1. The van der Waals surface area contributed by atoms with Crippen molar-refractivity contribution in [3.05, 3.63) is 48.4 Å². The fourth-order valence-corrected chi connectivity index (χ4v) is 5.31. The molecule has 0 aliphatic carbocycles. The highest BCUT2D eigenvalue weighted by atomic mass is 32.2. The molecule has 2 fully saturated rings. The van der Waals surface area contributed by atoms with Gasteiger partial charge in [-0.05, 0) is 43.2 Å². The summed E-state index contributed by atoms with van der Waals surface area (Å²) in [7, 11) is -4.07. The normalized spacial score (nSPS) is 19.9. The van der Waals surface area contributed by atoms with Crippen molar-refractivity contribution in [2.45, 2.75) is 18.4 Å². The number of nitrogens with zero attached hydrogens (tertiary/aromatic N) is 2. The van der Waals surface area contributed by atoms with Gasteiger partial charge in [-0.2, -0.15) is 0 Å². The maximum atomic E-state index is 13.0.